The summed E-state index contributed by atoms with van der Waals surface area (Å²) < 4.78 is 3.71. The predicted molar refractivity (Wildman–Crippen MR) is 97.6 cm³/mol. The first kappa shape index (κ1) is 15.8. The molecule has 0 amide bonds. The zero-order valence-electron chi connectivity index (χ0n) is 14.5. The third kappa shape index (κ3) is 2.90. The molecule has 2 heterocycles. The standard InChI is InChI=1S/C20H23N4O/c1-15(25)24-18(16-9-4-2-5-10-16)19(22-17-11-6-3-7-12-17)23-14-8-13-21-20(23)24/h2,4-5,8-10,13-14,17,22H,3,6-7,11-12H2,1H3/q+1. The highest BCUT2D eigenvalue weighted by atomic mass is 16.1. The third-order valence-corrected chi connectivity index (χ3v) is 4.92. The Labute approximate surface area is 147 Å². The molecule has 1 N–H and O–H groups in total. The number of aromatic nitrogens is 3. The van der Waals surface area contributed by atoms with E-state index in [-0.39, 0.29) is 5.91 Å². The maximum atomic E-state index is 12.4. The Hall–Kier alpha value is -2.69. The van der Waals surface area contributed by atoms with Crippen molar-refractivity contribution in [3.8, 4) is 11.3 Å². The van der Waals surface area contributed by atoms with Crippen LogP contribution in [0.3, 0.4) is 0 Å². The minimum atomic E-state index is -0.0354. The van der Waals surface area contributed by atoms with Gasteiger partial charge in [0.2, 0.25) is 5.82 Å². The number of carbonyl (C=O) groups excluding carboxylic acids is 1. The number of carbonyl (C=O) groups is 1. The summed E-state index contributed by atoms with van der Waals surface area (Å²) in [6.45, 7) is 1.59. The fourth-order valence-electron chi connectivity index (χ4n) is 3.76. The molecule has 128 valence electrons. The molecule has 0 bridgehead atoms. The molecule has 1 saturated carbocycles. The Kier molecular flexibility index (Phi) is 4.22. The van der Waals surface area contributed by atoms with Crippen LogP contribution in [0.5, 0.6) is 0 Å². The Balaban J connectivity index is 1.93. The summed E-state index contributed by atoms with van der Waals surface area (Å²) in [6, 6.07) is 12.4. The number of imidazole rings is 1. The Morgan fingerprint density at radius 2 is 1.92 bits per heavy atom. The smallest absolute Gasteiger partial charge is 0.353 e. The maximum absolute atomic E-state index is 12.4. The van der Waals surface area contributed by atoms with Crippen LogP contribution in [0.4, 0.5) is 5.82 Å². The number of hydrogen-bond donors (Lipinski definition) is 1. The summed E-state index contributed by atoms with van der Waals surface area (Å²) in [5, 5.41) is 3.72. The zero-order valence-corrected chi connectivity index (χ0v) is 14.5. The molecule has 25 heavy (non-hydrogen) atoms. The van der Waals surface area contributed by atoms with Gasteiger partial charge in [-0.2, -0.15) is 8.97 Å². The number of nitrogens with one attached hydrogen (secondary N) is 1. The van der Waals surface area contributed by atoms with Crippen molar-refractivity contribution in [1.29, 1.82) is 0 Å². The number of hydrogen-bond acceptors (Lipinski definition) is 3. The van der Waals surface area contributed by atoms with Crippen LogP contribution in [0.15, 0.2) is 48.8 Å². The van der Waals surface area contributed by atoms with Crippen molar-refractivity contribution in [2.24, 2.45) is 0 Å². The van der Waals surface area contributed by atoms with Gasteiger partial charge < -0.3 is 5.32 Å². The summed E-state index contributed by atoms with van der Waals surface area (Å²) in [5.41, 5.74) is 1.90. The van der Waals surface area contributed by atoms with E-state index < -0.39 is 0 Å². The molecule has 3 aromatic rings. The van der Waals surface area contributed by atoms with E-state index in [0.717, 1.165) is 17.1 Å². The molecule has 1 aliphatic rings. The van der Waals surface area contributed by atoms with Gasteiger partial charge in [0.05, 0.1) is 6.20 Å². The average Bonchev–Trinajstić information content (AvgIpc) is 2.98. The quantitative estimate of drug-likeness (QED) is 0.743. The van der Waals surface area contributed by atoms with Gasteiger partial charge in [0.15, 0.2) is 5.69 Å². The van der Waals surface area contributed by atoms with Crippen molar-refractivity contribution in [1.82, 2.24) is 9.38 Å². The minimum absolute atomic E-state index is 0.0354. The Bertz CT molecular complexity index is 895. The Morgan fingerprint density at radius 3 is 2.64 bits per heavy atom. The van der Waals surface area contributed by atoms with E-state index in [4.69, 9.17) is 0 Å². The molecule has 2 aromatic heterocycles. The maximum Gasteiger partial charge on any atom is 0.412 e. The van der Waals surface area contributed by atoms with E-state index in [1.54, 1.807) is 17.7 Å². The van der Waals surface area contributed by atoms with Crippen molar-refractivity contribution >= 4 is 17.5 Å². The molecule has 0 spiro atoms. The lowest BCUT2D eigenvalue weighted by atomic mass is 9.95. The lowest BCUT2D eigenvalue weighted by molar-refractivity contribution is -0.534. The second kappa shape index (κ2) is 6.67. The molecule has 0 saturated heterocycles. The molecule has 1 fully saturated rings. The molecule has 1 aliphatic carbocycles. The first-order valence-electron chi connectivity index (χ1n) is 8.99. The number of benzene rings is 1. The fraction of sp³-hybridized carbons (Fsp3) is 0.350. The van der Waals surface area contributed by atoms with Gasteiger partial charge in [-0.3, -0.25) is 4.79 Å². The lowest BCUT2D eigenvalue weighted by Gasteiger charge is -2.23. The van der Waals surface area contributed by atoms with Gasteiger partial charge in [-0.15, -0.1) is 0 Å². The molecule has 5 heteroatoms. The summed E-state index contributed by atoms with van der Waals surface area (Å²) >= 11 is 0. The summed E-state index contributed by atoms with van der Waals surface area (Å²) in [7, 11) is 0. The van der Waals surface area contributed by atoms with E-state index in [2.05, 4.69) is 10.3 Å². The normalized spacial score (nSPS) is 15.4. The molecule has 5 nitrogen and oxygen atoms in total. The first-order valence-corrected chi connectivity index (χ1v) is 8.99. The monoisotopic (exact) mass is 335 g/mol. The largest absolute Gasteiger partial charge is 0.412 e. The van der Waals surface area contributed by atoms with Crippen molar-refractivity contribution in [3.63, 3.8) is 0 Å². The molecule has 1 aromatic carbocycles. The predicted octanol–water partition coefficient (Wildman–Crippen LogP) is 3.69. The molecule has 4 rings (SSSR count). The highest BCUT2D eigenvalue weighted by molar-refractivity contribution is 5.78. The Morgan fingerprint density at radius 1 is 1.16 bits per heavy atom. The molecule has 0 radical (unpaired) electrons. The fourth-order valence-corrected chi connectivity index (χ4v) is 3.76. The topological polar surface area (TPSA) is 50.3 Å². The highest BCUT2D eigenvalue weighted by Crippen LogP contribution is 2.29. The van der Waals surface area contributed by atoms with Gasteiger partial charge >= 0.3 is 5.78 Å². The summed E-state index contributed by atoms with van der Waals surface area (Å²) in [5.74, 6) is 1.57. The number of nitrogens with zero attached hydrogens (tertiary/aromatic N) is 3. The van der Waals surface area contributed by atoms with Crippen LogP contribution in [0.1, 0.15) is 43.8 Å². The van der Waals surface area contributed by atoms with Crippen molar-refractivity contribution in [2.45, 2.75) is 45.1 Å². The van der Waals surface area contributed by atoms with Crippen molar-refractivity contribution in [2.75, 3.05) is 5.32 Å². The number of rotatable bonds is 3. The highest BCUT2D eigenvalue weighted by Gasteiger charge is 2.30. The third-order valence-electron chi connectivity index (χ3n) is 4.92. The SMILES string of the molecule is CC(=O)[n+]1c(-c2ccccc2)c(NC2CCCCC2)n2cccnc21. The van der Waals surface area contributed by atoms with Crippen LogP contribution in [-0.2, 0) is 0 Å². The molecule has 0 atom stereocenters. The van der Waals surface area contributed by atoms with Gasteiger partial charge in [-0.1, -0.05) is 54.6 Å². The van der Waals surface area contributed by atoms with Crippen LogP contribution in [0, 0.1) is 0 Å². The summed E-state index contributed by atoms with van der Waals surface area (Å²) in [6.07, 6.45) is 9.86. The van der Waals surface area contributed by atoms with Crippen molar-refractivity contribution in [3.05, 3.63) is 48.8 Å². The number of fused-ring (bicyclic) bond motifs is 1. The van der Waals surface area contributed by atoms with Crippen LogP contribution in [-0.4, -0.2) is 21.3 Å². The van der Waals surface area contributed by atoms with Gasteiger partial charge in [-0.25, -0.2) is 0 Å². The van der Waals surface area contributed by atoms with Gasteiger partial charge in [0.1, 0.15) is 6.20 Å². The van der Waals surface area contributed by atoms with E-state index in [1.807, 2.05) is 47.0 Å². The van der Waals surface area contributed by atoms with Crippen LogP contribution < -0.4 is 9.88 Å². The second-order valence-corrected chi connectivity index (χ2v) is 6.69. The summed E-state index contributed by atoms with van der Waals surface area (Å²) in [4.78, 5) is 16.9. The molecular weight excluding hydrogens is 312 g/mol. The number of anilines is 1. The van der Waals surface area contributed by atoms with E-state index in [1.165, 1.54) is 32.1 Å². The molecular formula is C20H23N4O+. The van der Waals surface area contributed by atoms with Gasteiger partial charge in [0, 0.05) is 24.6 Å². The zero-order chi connectivity index (χ0) is 17.2. The van der Waals surface area contributed by atoms with Crippen LogP contribution in [0.25, 0.3) is 17.0 Å². The van der Waals surface area contributed by atoms with E-state index >= 15 is 0 Å². The minimum Gasteiger partial charge on any atom is -0.353 e. The van der Waals surface area contributed by atoms with Gasteiger partial charge in [-0.05, 0) is 12.8 Å². The van der Waals surface area contributed by atoms with E-state index in [9.17, 15) is 4.79 Å². The second-order valence-electron chi connectivity index (χ2n) is 6.69. The van der Waals surface area contributed by atoms with E-state index in [0.29, 0.717) is 11.8 Å². The first-order chi connectivity index (χ1) is 12.3. The lowest BCUT2D eigenvalue weighted by Crippen LogP contribution is -2.42. The van der Waals surface area contributed by atoms with Crippen molar-refractivity contribution < 1.29 is 9.36 Å². The van der Waals surface area contributed by atoms with Crippen LogP contribution in [0.2, 0.25) is 0 Å². The average molecular weight is 335 g/mol. The molecule has 0 unspecified atom stereocenters. The van der Waals surface area contributed by atoms with Crippen LogP contribution >= 0.6 is 0 Å². The van der Waals surface area contributed by atoms with Gasteiger partial charge in [0.25, 0.3) is 5.91 Å². The molecule has 0 aliphatic heterocycles.